The number of nitrogens with one attached hydrogen (secondary N) is 1. The van der Waals surface area contributed by atoms with Crippen molar-refractivity contribution in [1.82, 2.24) is 10.2 Å². The fourth-order valence-electron chi connectivity index (χ4n) is 3.08. The maximum atomic E-state index is 12.3. The first kappa shape index (κ1) is 17.8. The van der Waals surface area contributed by atoms with Crippen molar-refractivity contribution in [1.29, 1.82) is 0 Å². The molecule has 1 aliphatic rings. The zero-order chi connectivity index (χ0) is 18.4. The minimum atomic E-state index is -0.209. The van der Waals surface area contributed by atoms with Gasteiger partial charge in [0.2, 0.25) is 5.91 Å². The van der Waals surface area contributed by atoms with E-state index in [9.17, 15) is 9.59 Å². The van der Waals surface area contributed by atoms with Gasteiger partial charge in [0.15, 0.2) is 0 Å². The largest absolute Gasteiger partial charge is 0.399 e. The molecule has 1 aliphatic heterocycles. The molecule has 2 aromatic rings. The molecule has 136 valence electrons. The molecule has 0 spiro atoms. The summed E-state index contributed by atoms with van der Waals surface area (Å²) >= 11 is 0. The lowest BCUT2D eigenvalue weighted by atomic mass is 10.2. The topological polar surface area (TPSA) is 78.7 Å². The highest BCUT2D eigenvalue weighted by Gasteiger charge is 2.21. The number of piperazine rings is 1. The van der Waals surface area contributed by atoms with Gasteiger partial charge in [0.1, 0.15) is 0 Å². The molecule has 1 fully saturated rings. The van der Waals surface area contributed by atoms with Crippen LogP contribution in [0.15, 0.2) is 54.6 Å². The van der Waals surface area contributed by atoms with Crippen molar-refractivity contribution in [3.63, 3.8) is 0 Å². The van der Waals surface area contributed by atoms with Crippen molar-refractivity contribution in [3.05, 3.63) is 60.2 Å². The molecule has 0 unspecified atom stereocenters. The number of nitrogen functional groups attached to an aromatic ring is 1. The molecule has 2 aromatic carbocycles. The van der Waals surface area contributed by atoms with E-state index in [0.717, 1.165) is 13.1 Å². The summed E-state index contributed by atoms with van der Waals surface area (Å²) in [6, 6.07) is 17.0. The predicted molar refractivity (Wildman–Crippen MR) is 103 cm³/mol. The van der Waals surface area contributed by atoms with Crippen LogP contribution in [0.5, 0.6) is 0 Å². The lowest BCUT2D eigenvalue weighted by Gasteiger charge is -2.36. The van der Waals surface area contributed by atoms with Crippen molar-refractivity contribution in [2.24, 2.45) is 0 Å². The molecular weight excluding hydrogens is 328 g/mol. The highest BCUT2D eigenvalue weighted by Crippen LogP contribution is 2.15. The lowest BCUT2D eigenvalue weighted by Crippen LogP contribution is -2.49. The van der Waals surface area contributed by atoms with E-state index in [4.69, 9.17) is 5.73 Å². The number of anilines is 2. The van der Waals surface area contributed by atoms with Crippen LogP contribution < -0.4 is 16.0 Å². The summed E-state index contributed by atoms with van der Waals surface area (Å²) in [7, 11) is 0. The van der Waals surface area contributed by atoms with Crippen LogP contribution in [0.25, 0.3) is 0 Å². The zero-order valence-corrected chi connectivity index (χ0v) is 14.7. The summed E-state index contributed by atoms with van der Waals surface area (Å²) in [5.74, 6) is -0.135. The monoisotopic (exact) mass is 352 g/mol. The highest BCUT2D eigenvalue weighted by molar-refractivity contribution is 5.95. The van der Waals surface area contributed by atoms with Crippen LogP contribution in [0.1, 0.15) is 16.8 Å². The van der Waals surface area contributed by atoms with Crippen molar-refractivity contribution in [3.8, 4) is 0 Å². The summed E-state index contributed by atoms with van der Waals surface area (Å²) in [5.41, 5.74) is 7.92. The average Bonchev–Trinajstić information content (AvgIpc) is 2.68. The Kier molecular flexibility index (Phi) is 5.73. The number of nitrogens with two attached hydrogens (primary N) is 1. The van der Waals surface area contributed by atoms with Gasteiger partial charge < -0.3 is 20.9 Å². The Balaban J connectivity index is 1.41. The van der Waals surface area contributed by atoms with Crippen LogP contribution in [-0.2, 0) is 4.79 Å². The summed E-state index contributed by atoms with van der Waals surface area (Å²) < 4.78 is 0. The molecule has 0 saturated carbocycles. The third-order valence-corrected chi connectivity index (χ3v) is 4.53. The number of nitrogens with zero attached hydrogens (tertiary/aromatic N) is 2. The standard InChI is InChI=1S/C20H24N4O2/c21-17-6-4-5-16(15-17)20(26)22-10-9-19(25)24-13-11-23(12-14-24)18-7-2-1-3-8-18/h1-8,15H,9-14,21H2,(H,22,26). The van der Waals surface area contributed by atoms with E-state index in [1.165, 1.54) is 5.69 Å². The summed E-state index contributed by atoms with van der Waals surface area (Å²) in [6.45, 7) is 3.38. The second kappa shape index (κ2) is 8.38. The molecular formula is C20H24N4O2. The molecule has 3 rings (SSSR count). The minimum Gasteiger partial charge on any atom is -0.399 e. The maximum absolute atomic E-state index is 12.3. The normalized spacial score (nSPS) is 14.2. The number of benzene rings is 2. The molecule has 1 heterocycles. The SMILES string of the molecule is Nc1cccc(C(=O)NCCC(=O)N2CCN(c3ccccc3)CC2)c1. The van der Waals surface area contributed by atoms with Gasteiger partial charge in [0.25, 0.3) is 5.91 Å². The molecule has 26 heavy (non-hydrogen) atoms. The summed E-state index contributed by atoms with van der Waals surface area (Å²) in [5, 5.41) is 2.78. The van der Waals surface area contributed by atoms with E-state index in [2.05, 4.69) is 22.3 Å². The van der Waals surface area contributed by atoms with E-state index >= 15 is 0 Å². The fourth-order valence-corrected chi connectivity index (χ4v) is 3.08. The molecule has 6 nitrogen and oxygen atoms in total. The van der Waals surface area contributed by atoms with Crippen molar-refractivity contribution >= 4 is 23.2 Å². The minimum absolute atomic E-state index is 0.0746. The van der Waals surface area contributed by atoms with Crippen LogP contribution >= 0.6 is 0 Å². The predicted octanol–water partition coefficient (Wildman–Crippen LogP) is 1.74. The first-order chi connectivity index (χ1) is 12.6. The molecule has 6 heteroatoms. The Morgan fingerprint density at radius 3 is 2.38 bits per heavy atom. The second-order valence-corrected chi connectivity index (χ2v) is 6.33. The van der Waals surface area contributed by atoms with Crippen LogP contribution in [-0.4, -0.2) is 49.4 Å². The smallest absolute Gasteiger partial charge is 0.251 e. The average molecular weight is 352 g/mol. The number of carbonyl (C=O) groups is 2. The van der Waals surface area contributed by atoms with Crippen molar-refractivity contribution in [2.75, 3.05) is 43.4 Å². The Hall–Kier alpha value is -3.02. The lowest BCUT2D eigenvalue weighted by molar-refractivity contribution is -0.131. The Morgan fingerprint density at radius 1 is 0.962 bits per heavy atom. The van der Waals surface area contributed by atoms with Crippen LogP contribution in [0.2, 0.25) is 0 Å². The molecule has 0 aliphatic carbocycles. The van der Waals surface area contributed by atoms with Crippen molar-refractivity contribution in [2.45, 2.75) is 6.42 Å². The molecule has 2 amide bonds. The van der Waals surface area contributed by atoms with Gasteiger partial charge in [-0.2, -0.15) is 0 Å². The number of para-hydroxylation sites is 1. The third-order valence-electron chi connectivity index (χ3n) is 4.53. The van der Waals surface area contributed by atoms with Crippen LogP contribution in [0, 0.1) is 0 Å². The molecule has 0 atom stereocenters. The third kappa shape index (κ3) is 4.53. The Bertz CT molecular complexity index is 755. The van der Waals surface area contributed by atoms with Crippen LogP contribution in [0.4, 0.5) is 11.4 Å². The van der Waals surface area contributed by atoms with Gasteiger partial charge in [0, 0.05) is 56.1 Å². The van der Waals surface area contributed by atoms with E-state index in [-0.39, 0.29) is 11.8 Å². The van der Waals surface area contributed by atoms with Gasteiger partial charge in [-0.25, -0.2) is 0 Å². The quantitative estimate of drug-likeness (QED) is 0.804. The molecule has 0 radical (unpaired) electrons. The molecule has 1 saturated heterocycles. The number of carbonyl (C=O) groups excluding carboxylic acids is 2. The summed E-state index contributed by atoms with van der Waals surface area (Å²) in [4.78, 5) is 28.6. The van der Waals surface area contributed by atoms with E-state index in [1.54, 1.807) is 24.3 Å². The Morgan fingerprint density at radius 2 is 1.69 bits per heavy atom. The van der Waals surface area contributed by atoms with E-state index in [0.29, 0.717) is 37.3 Å². The van der Waals surface area contributed by atoms with E-state index in [1.807, 2.05) is 23.1 Å². The van der Waals surface area contributed by atoms with Gasteiger partial charge in [-0.15, -0.1) is 0 Å². The fraction of sp³-hybridized carbons (Fsp3) is 0.300. The van der Waals surface area contributed by atoms with Gasteiger partial charge >= 0.3 is 0 Å². The van der Waals surface area contributed by atoms with Gasteiger partial charge in [-0.05, 0) is 30.3 Å². The summed E-state index contributed by atoms with van der Waals surface area (Å²) in [6.07, 6.45) is 0.305. The van der Waals surface area contributed by atoms with E-state index < -0.39 is 0 Å². The van der Waals surface area contributed by atoms with Crippen LogP contribution in [0.3, 0.4) is 0 Å². The van der Waals surface area contributed by atoms with Crippen molar-refractivity contribution < 1.29 is 9.59 Å². The molecule has 0 aromatic heterocycles. The van der Waals surface area contributed by atoms with Gasteiger partial charge in [-0.3, -0.25) is 9.59 Å². The number of hydrogen-bond acceptors (Lipinski definition) is 4. The number of rotatable bonds is 5. The molecule has 3 N–H and O–H groups in total. The van der Waals surface area contributed by atoms with Gasteiger partial charge in [0.05, 0.1) is 0 Å². The second-order valence-electron chi connectivity index (χ2n) is 6.33. The maximum Gasteiger partial charge on any atom is 0.251 e. The zero-order valence-electron chi connectivity index (χ0n) is 14.7. The van der Waals surface area contributed by atoms with Gasteiger partial charge in [-0.1, -0.05) is 24.3 Å². The number of amides is 2. The molecule has 0 bridgehead atoms. The first-order valence-electron chi connectivity index (χ1n) is 8.85. The Labute approximate surface area is 153 Å². The highest BCUT2D eigenvalue weighted by atomic mass is 16.2. The first-order valence-corrected chi connectivity index (χ1v) is 8.85. The number of hydrogen-bond donors (Lipinski definition) is 2.